The number of ether oxygens (including phenoxy) is 2. The Kier molecular flexibility index (Phi) is 5.73. The van der Waals surface area contributed by atoms with Gasteiger partial charge in [0.05, 0.1) is 4.90 Å². The van der Waals surface area contributed by atoms with E-state index < -0.39 is 10.0 Å². The molecule has 2 aromatic rings. The fourth-order valence-corrected chi connectivity index (χ4v) is 5.02. The second kappa shape index (κ2) is 8.42. The van der Waals surface area contributed by atoms with Gasteiger partial charge in [-0.1, -0.05) is 24.3 Å². The van der Waals surface area contributed by atoms with Crippen LogP contribution in [0.2, 0.25) is 0 Å². The summed E-state index contributed by atoms with van der Waals surface area (Å²) in [4.78, 5) is 14.6. The van der Waals surface area contributed by atoms with Crippen molar-refractivity contribution in [3.63, 3.8) is 0 Å². The molecule has 1 amide bonds. The lowest BCUT2D eigenvalue weighted by Crippen LogP contribution is -2.50. The van der Waals surface area contributed by atoms with Crippen LogP contribution in [0.25, 0.3) is 0 Å². The summed E-state index contributed by atoms with van der Waals surface area (Å²) in [5.74, 6) is 1.50. The normalized spacial score (nSPS) is 17.2. The Hall–Kier alpha value is -2.58. The number of carbonyl (C=O) groups is 1. The van der Waals surface area contributed by atoms with Gasteiger partial charge in [0.2, 0.25) is 15.9 Å². The number of nitrogens with zero attached hydrogens (tertiary/aromatic N) is 2. The molecule has 0 atom stereocenters. The zero-order chi connectivity index (χ0) is 20.3. The van der Waals surface area contributed by atoms with Crippen LogP contribution in [-0.4, -0.2) is 62.9 Å². The van der Waals surface area contributed by atoms with Crippen LogP contribution in [-0.2, 0) is 21.2 Å². The van der Waals surface area contributed by atoms with Gasteiger partial charge in [-0.25, -0.2) is 8.42 Å². The predicted octanol–water partition coefficient (Wildman–Crippen LogP) is 1.92. The standard InChI is InChI=1S/C21H24N2O5S/c24-21(9-7-17-6-8-19-20(16-17)28-15-14-27-19)22-10-12-23(13-11-22)29(25,26)18-4-2-1-3-5-18/h1-6,8,16H,7,9-15H2. The fourth-order valence-electron chi connectivity index (χ4n) is 3.57. The molecule has 0 bridgehead atoms. The van der Waals surface area contributed by atoms with E-state index in [-0.39, 0.29) is 5.91 Å². The van der Waals surface area contributed by atoms with E-state index in [1.165, 1.54) is 4.31 Å². The van der Waals surface area contributed by atoms with E-state index in [9.17, 15) is 13.2 Å². The molecule has 154 valence electrons. The van der Waals surface area contributed by atoms with Gasteiger partial charge in [-0.2, -0.15) is 4.31 Å². The third kappa shape index (κ3) is 4.38. The average molecular weight is 416 g/mol. The predicted molar refractivity (Wildman–Crippen MR) is 108 cm³/mol. The van der Waals surface area contributed by atoms with Crippen molar-refractivity contribution in [3.8, 4) is 11.5 Å². The first-order chi connectivity index (χ1) is 14.0. The second-order valence-corrected chi connectivity index (χ2v) is 9.01. The first kappa shape index (κ1) is 19.7. The van der Waals surface area contributed by atoms with E-state index in [1.807, 2.05) is 18.2 Å². The molecule has 8 heteroatoms. The third-order valence-corrected chi connectivity index (χ3v) is 7.12. The minimum Gasteiger partial charge on any atom is -0.486 e. The molecule has 0 N–H and O–H groups in total. The van der Waals surface area contributed by atoms with Crippen molar-refractivity contribution < 1.29 is 22.7 Å². The van der Waals surface area contributed by atoms with Gasteiger partial charge in [0.1, 0.15) is 13.2 Å². The minimum absolute atomic E-state index is 0.0386. The Morgan fingerprint density at radius 1 is 0.897 bits per heavy atom. The molecule has 1 fully saturated rings. The third-order valence-electron chi connectivity index (χ3n) is 5.21. The molecule has 0 saturated carbocycles. The number of aryl methyl sites for hydroxylation is 1. The summed E-state index contributed by atoms with van der Waals surface area (Å²) in [5.41, 5.74) is 1.02. The number of hydrogen-bond acceptors (Lipinski definition) is 5. The molecular formula is C21H24N2O5S. The Morgan fingerprint density at radius 3 is 2.31 bits per heavy atom. The van der Waals surface area contributed by atoms with Crippen LogP contribution < -0.4 is 9.47 Å². The zero-order valence-electron chi connectivity index (χ0n) is 16.1. The van der Waals surface area contributed by atoms with Gasteiger partial charge in [0, 0.05) is 32.6 Å². The van der Waals surface area contributed by atoms with Gasteiger partial charge in [-0.3, -0.25) is 4.79 Å². The number of piperazine rings is 1. The number of amides is 1. The first-order valence-corrected chi connectivity index (χ1v) is 11.2. The quantitative estimate of drug-likeness (QED) is 0.744. The summed E-state index contributed by atoms with van der Waals surface area (Å²) >= 11 is 0. The highest BCUT2D eigenvalue weighted by Crippen LogP contribution is 2.31. The summed E-state index contributed by atoms with van der Waals surface area (Å²) in [6.45, 7) is 2.53. The van der Waals surface area contributed by atoms with Gasteiger partial charge in [-0.15, -0.1) is 0 Å². The molecule has 0 spiro atoms. The van der Waals surface area contributed by atoms with Gasteiger partial charge in [-0.05, 0) is 36.2 Å². The number of sulfonamides is 1. The fraction of sp³-hybridized carbons (Fsp3) is 0.381. The Bertz CT molecular complexity index is 970. The van der Waals surface area contributed by atoms with Gasteiger partial charge >= 0.3 is 0 Å². The van der Waals surface area contributed by atoms with Crippen molar-refractivity contribution in [3.05, 3.63) is 54.1 Å². The summed E-state index contributed by atoms with van der Waals surface area (Å²) in [6.07, 6.45) is 0.989. The van der Waals surface area contributed by atoms with E-state index in [1.54, 1.807) is 35.2 Å². The number of benzene rings is 2. The van der Waals surface area contributed by atoms with E-state index in [0.717, 1.165) is 17.1 Å². The highest BCUT2D eigenvalue weighted by Gasteiger charge is 2.29. The van der Waals surface area contributed by atoms with Crippen molar-refractivity contribution in [2.45, 2.75) is 17.7 Å². The van der Waals surface area contributed by atoms with Crippen LogP contribution in [0.5, 0.6) is 11.5 Å². The maximum Gasteiger partial charge on any atom is 0.243 e. The highest BCUT2D eigenvalue weighted by molar-refractivity contribution is 7.89. The molecule has 4 rings (SSSR count). The Morgan fingerprint density at radius 2 is 1.59 bits per heavy atom. The minimum atomic E-state index is -3.51. The summed E-state index contributed by atoms with van der Waals surface area (Å²) in [6, 6.07) is 14.2. The topological polar surface area (TPSA) is 76.2 Å². The number of rotatable bonds is 5. The maximum atomic E-state index is 12.7. The molecular weight excluding hydrogens is 392 g/mol. The SMILES string of the molecule is O=C(CCc1ccc2c(c1)OCCO2)N1CCN(S(=O)(=O)c2ccccc2)CC1. The number of hydrogen-bond donors (Lipinski definition) is 0. The van der Waals surface area contributed by atoms with Gasteiger partial charge in [0.25, 0.3) is 0 Å². The van der Waals surface area contributed by atoms with Crippen molar-refractivity contribution in [1.29, 1.82) is 0 Å². The molecule has 2 aliphatic rings. The van der Waals surface area contributed by atoms with Crippen LogP contribution in [0.15, 0.2) is 53.4 Å². The highest BCUT2D eigenvalue weighted by atomic mass is 32.2. The summed E-state index contributed by atoms with van der Waals surface area (Å²) in [5, 5.41) is 0. The monoisotopic (exact) mass is 416 g/mol. The molecule has 1 saturated heterocycles. The molecule has 7 nitrogen and oxygen atoms in total. The smallest absolute Gasteiger partial charge is 0.243 e. The second-order valence-electron chi connectivity index (χ2n) is 7.08. The molecule has 29 heavy (non-hydrogen) atoms. The molecule has 0 radical (unpaired) electrons. The number of carbonyl (C=O) groups excluding carboxylic acids is 1. The molecule has 2 aromatic carbocycles. The Labute approximate surface area is 170 Å². The van der Waals surface area contributed by atoms with Crippen LogP contribution in [0.1, 0.15) is 12.0 Å². The zero-order valence-corrected chi connectivity index (χ0v) is 16.9. The summed E-state index contributed by atoms with van der Waals surface area (Å²) < 4.78 is 37.9. The Balaban J connectivity index is 1.30. The largest absolute Gasteiger partial charge is 0.486 e. The van der Waals surface area contributed by atoms with Crippen molar-refractivity contribution in [2.24, 2.45) is 0 Å². The maximum absolute atomic E-state index is 12.7. The molecule has 0 aliphatic carbocycles. The van der Waals surface area contributed by atoms with E-state index in [4.69, 9.17) is 9.47 Å². The molecule has 2 heterocycles. The average Bonchev–Trinajstić information content (AvgIpc) is 2.78. The van der Waals surface area contributed by atoms with Crippen molar-refractivity contribution in [1.82, 2.24) is 9.21 Å². The van der Waals surface area contributed by atoms with Gasteiger partial charge in [0.15, 0.2) is 11.5 Å². The van der Waals surface area contributed by atoms with E-state index in [0.29, 0.717) is 57.1 Å². The van der Waals surface area contributed by atoms with Crippen molar-refractivity contribution in [2.75, 3.05) is 39.4 Å². The molecule has 0 unspecified atom stereocenters. The lowest BCUT2D eigenvalue weighted by molar-refractivity contribution is -0.132. The van der Waals surface area contributed by atoms with Crippen LogP contribution in [0.4, 0.5) is 0 Å². The number of fused-ring (bicyclic) bond motifs is 1. The van der Waals surface area contributed by atoms with Crippen LogP contribution in [0.3, 0.4) is 0 Å². The summed E-state index contributed by atoms with van der Waals surface area (Å²) in [7, 11) is -3.51. The lowest BCUT2D eigenvalue weighted by Gasteiger charge is -2.34. The van der Waals surface area contributed by atoms with Crippen LogP contribution >= 0.6 is 0 Å². The first-order valence-electron chi connectivity index (χ1n) is 9.75. The van der Waals surface area contributed by atoms with Crippen molar-refractivity contribution >= 4 is 15.9 Å². The van der Waals surface area contributed by atoms with Crippen LogP contribution in [0, 0.1) is 0 Å². The van der Waals surface area contributed by atoms with Gasteiger partial charge < -0.3 is 14.4 Å². The van der Waals surface area contributed by atoms with E-state index >= 15 is 0 Å². The van der Waals surface area contributed by atoms with E-state index in [2.05, 4.69) is 0 Å². The molecule has 0 aromatic heterocycles. The molecule has 2 aliphatic heterocycles. The lowest BCUT2D eigenvalue weighted by atomic mass is 10.1.